The van der Waals surface area contributed by atoms with E-state index >= 15 is 0 Å². The minimum Gasteiger partial charge on any atom is -0.465 e. The number of fused-ring (bicyclic) bond motifs is 2. The molecule has 2 aliphatic heterocycles. The van der Waals surface area contributed by atoms with Crippen molar-refractivity contribution in [3.8, 4) is 0 Å². The van der Waals surface area contributed by atoms with Gasteiger partial charge < -0.3 is 25.2 Å². The number of ether oxygens (including phenoxy) is 2. The Morgan fingerprint density at radius 1 is 1.50 bits per heavy atom. The van der Waals surface area contributed by atoms with Gasteiger partial charge in [0.2, 0.25) is 0 Å². The normalized spacial score (nSPS) is 22.6. The number of nitrogens with two attached hydrogens (primary N) is 1. The van der Waals surface area contributed by atoms with E-state index in [0.717, 1.165) is 18.8 Å². The number of rotatable bonds is 4. The zero-order valence-electron chi connectivity index (χ0n) is 10.6. The van der Waals surface area contributed by atoms with Gasteiger partial charge >= 0.3 is 0 Å². The van der Waals surface area contributed by atoms with E-state index < -0.39 is 6.10 Å². The predicted molar refractivity (Wildman–Crippen MR) is 68.2 cm³/mol. The third kappa shape index (κ3) is 2.86. The SMILES string of the molecule is CCN(CCN)C1=CC=C2OCCC(O)C(=C1)O2. The summed E-state index contributed by atoms with van der Waals surface area (Å²) in [6.07, 6.45) is 5.51. The van der Waals surface area contributed by atoms with E-state index in [4.69, 9.17) is 15.2 Å². The second-order valence-electron chi connectivity index (χ2n) is 4.25. The van der Waals surface area contributed by atoms with Gasteiger partial charge in [-0.05, 0) is 13.0 Å². The highest BCUT2D eigenvalue weighted by Gasteiger charge is 2.22. The van der Waals surface area contributed by atoms with E-state index in [1.165, 1.54) is 0 Å². The van der Waals surface area contributed by atoms with Crippen LogP contribution in [0.3, 0.4) is 0 Å². The Morgan fingerprint density at radius 3 is 3.06 bits per heavy atom. The second-order valence-corrected chi connectivity index (χ2v) is 4.25. The molecule has 3 N–H and O–H groups in total. The van der Waals surface area contributed by atoms with Crippen LogP contribution in [0.4, 0.5) is 0 Å². The highest BCUT2D eigenvalue weighted by molar-refractivity contribution is 5.30. The summed E-state index contributed by atoms with van der Waals surface area (Å²) >= 11 is 0. The van der Waals surface area contributed by atoms with E-state index in [2.05, 4.69) is 11.8 Å². The van der Waals surface area contributed by atoms with Crippen LogP contribution in [0.2, 0.25) is 0 Å². The summed E-state index contributed by atoms with van der Waals surface area (Å²) in [7, 11) is 0. The molecule has 0 spiro atoms. The molecule has 0 aromatic carbocycles. The number of aliphatic hydroxyl groups excluding tert-OH is 1. The summed E-state index contributed by atoms with van der Waals surface area (Å²) < 4.78 is 10.9. The van der Waals surface area contributed by atoms with Crippen molar-refractivity contribution < 1.29 is 14.6 Å². The minimum absolute atomic E-state index is 0.441. The molecule has 2 heterocycles. The van der Waals surface area contributed by atoms with Gasteiger partial charge in [-0.3, -0.25) is 0 Å². The van der Waals surface area contributed by atoms with Crippen LogP contribution in [-0.2, 0) is 9.47 Å². The average Bonchev–Trinajstić information content (AvgIpc) is 2.68. The number of likely N-dealkylation sites (N-methyl/N-ethyl adjacent to an activating group) is 1. The smallest absolute Gasteiger partial charge is 0.284 e. The number of hydrogen-bond acceptors (Lipinski definition) is 5. The van der Waals surface area contributed by atoms with Crippen LogP contribution in [0.15, 0.2) is 35.6 Å². The van der Waals surface area contributed by atoms with Crippen LogP contribution in [0, 0.1) is 0 Å². The molecule has 100 valence electrons. The monoisotopic (exact) mass is 252 g/mol. The lowest BCUT2D eigenvalue weighted by Crippen LogP contribution is -2.28. The van der Waals surface area contributed by atoms with Crippen LogP contribution in [0.1, 0.15) is 13.3 Å². The molecule has 1 saturated heterocycles. The molecule has 0 amide bonds. The molecule has 1 unspecified atom stereocenters. The van der Waals surface area contributed by atoms with Crippen molar-refractivity contribution in [1.82, 2.24) is 4.90 Å². The highest BCUT2D eigenvalue weighted by atomic mass is 16.7. The lowest BCUT2D eigenvalue weighted by Gasteiger charge is -2.23. The molecule has 0 aromatic rings. The summed E-state index contributed by atoms with van der Waals surface area (Å²) in [6.45, 7) is 4.75. The van der Waals surface area contributed by atoms with Gasteiger partial charge in [-0.15, -0.1) is 0 Å². The first-order valence-electron chi connectivity index (χ1n) is 6.32. The number of allylic oxidation sites excluding steroid dienone is 3. The van der Waals surface area contributed by atoms with Gasteiger partial charge in [0.1, 0.15) is 11.9 Å². The quantitative estimate of drug-likeness (QED) is 0.770. The highest BCUT2D eigenvalue weighted by Crippen LogP contribution is 2.25. The fourth-order valence-corrected chi connectivity index (χ4v) is 2.00. The van der Waals surface area contributed by atoms with Crippen molar-refractivity contribution in [3.63, 3.8) is 0 Å². The van der Waals surface area contributed by atoms with Gasteiger partial charge in [-0.25, -0.2) is 0 Å². The molecule has 5 heteroatoms. The van der Waals surface area contributed by atoms with E-state index in [1.54, 1.807) is 6.08 Å². The van der Waals surface area contributed by atoms with Crippen LogP contribution >= 0.6 is 0 Å². The van der Waals surface area contributed by atoms with Crippen LogP contribution in [-0.4, -0.2) is 42.4 Å². The molecule has 2 bridgehead atoms. The van der Waals surface area contributed by atoms with Gasteiger partial charge in [-0.1, -0.05) is 0 Å². The predicted octanol–water partition coefficient (Wildman–Crippen LogP) is 0.688. The Hall–Kier alpha value is -1.46. The zero-order chi connectivity index (χ0) is 13.0. The number of aliphatic hydroxyl groups is 1. The lowest BCUT2D eigenvalue weighted by atomic mass is 10.2. The first-order valence-corrected chi connectivity index (χ1v) is 6.32. The Bertz CT molecular complexity index is 388. The minimum atomic E-state index is -0.617. The van der Waals surface area contributed by atoms with Gasteiger partial charge in [0.15, 0.2) is 0 Å². The van der Waals surface area contributed by atoms with Gasteiger partial charge in [-0.2, -0.15) is 0 Å². The molecule has 0 aliphatic carbocycles. The van der Waals surface area contributed by atoms with Crippen LogP contribution in [0.5, 0.6) is 0 Å². The van der Waals surface area contributed by atoms with Crippen LogP contribution < -0.4 is 5.73 Å². The summed E-state index contributed by atoms with van der Waals surface area (Å²) in [6, 6.07) is 0. The average molecular weight is 252 g/mol. The topological polar surface area (TPSA) is 68.0 Å². The summed E-state index contributed by atoms with van der Waals surface area (Å²) in [4.78, 5) is 2.14. The Morgan fingerprint density at radius 2 is 2.33 bits per heavy atom. The van der Waals surface area contributed by atoms with E-state index in [0.29, 0.717) is 31.3 Å². The molecule has 5 nitrogen and oxygen atoms in total. The molecular weight excluding hydrogens is 232 g/mol. The molecule has 2 aliphatic rings. The number of hydrogen-bond donors (Lipinski definition) is 2. The molecule has 1 fully saturated rings. The van der Waals surface area contributed by atoms with E-state index in [9.17, 15) is 5.11 Å². The first-order chi connectivity index (χ1) is 8.74. The van der Waals surface area contributed by atoms with Crippen LogP contribution in [0.25, 0.3) is 0 Å². The zero-order valence-corrected chi connectivity index (χ0v) is 10.6. The first kappa shape index (κ1) is 13.0. The van der Waals surface area contributed by atoms with Crippen molar-refractivity contribution in [2.75, 3.05) is 26.2 Å². The molecule has 1 atom stereocenters. The Balaban J connectivity index is 2.27. The lowest BCUT2D eigenvalue weighted by molar-refractivity contribution is 0.0847. The molecule has 2 rings (SSSR count). The second kappa shape index (κ2) is 5.93. The van der Waals surface area contributed by atoms with Gasteiger partial charge in [0.05, 0.1) is 6.61 Å². The third-order valence-electron chi connectivity index (χ3n) is 3.01. The maximum absolute atomic E-state index is 9.96. The molecule has 0 radical (unpaired) electrons. The van der Waals surface area contributed by atoms with Crippen molar-refractivity contribution in [3.05, 3.63) is 35.6 Å². The van der Waals surface area contributed by atoms with Crippen molar-refractivity contribution in [1.29, 1.82) is 0 Å². The van der Waals surface area contributed by atoms with Crippen molar-refractivity contribution >= 4 is 0 Å². The molecular formula is C13H20N2O3. The van der Waals surface area contributed by atoms with Crippen molar-refractivity contribution in [2.24, 2.45) is 5.73 Å². The van der Waals surface area contributed by atoms with Crippen molar-refractivity contribution in [2.45, 2.75) is 19.4 Å². The summed E-state index contributed by atoms with van der Waals surface area (Å²) in [5.74, 6) is 0.981. The number of nitrogens with zero attached hydrogens (tertiary/aromatic N) is 1. The largest absolute Gasteiger partial charge is 0.465 e. The fraction of sp³-hybridized carbons (Fsp3) is 0.538. The molecule has 0 aromatic heterocycles. The maximum atomic E-state index is 9.96. The Kier molecular flexibility index (Phi) is 4.28. The van der Waals surface area contributed by atoms with Gasteiger partial charge in [0, 0.05) is 43.9 Å². The third-order valence-corrected chi connectivity index (χ3v) is 3.01. The molecule has 0 saturated carbocycles. The summed E-state index contributed by atoms with van der Waals surface area (Å²) in [5.41, 5.74) is 6.58. The summed E-state index contributed by atoms with van der Waals surface area (Å²) in [5, 5.41) is 9.96. The van der Waals surface area contributed by atoms with E-state index in [1.807, 2.05) is 12.2 Å². The van der Waals surface area contributed by atoms with E-state index in [-0.39, 0.29) is 0 Å². The standard InChI is InChI=1S/C13H20N2O3/c1-2-15(7-6-14)10-3-4-13-17-8-5-11(16)12(9-10)18-13/h3-4,9,11,16H,2,5-8,14H2,1H3. The Labute approximate surface area is 107 Å². The maximum Gasteiger partial charge on any atom is 0.284 e. The van der Waals surface area contributed by atoms with Gasteiger partial charge in [0.25, 0.3) is 5.95 Å². The fourth-order valence-electron chi connectivity index (χ4n) is 2.00. The molecule has 18 heavy (non-hydrogen) atoms.